The van der Waals surface area contributed by atoms with Gasteiger partial charge in [0.15, 0.2) is 17.3 Å². The fourth-order valence-electron chi connectivity index (χ4n) is 3.64. The summed E-state index contributed by atoms with van der Waals surface area (Å²) in [5, 5.41) is 12.2. The maximum atomic E-state index is 13.3. The van der Waals surface area contributed by atoms with Crippen molar-refractivity contribution in [2.75, 3.05) is 14.2 Å². The Bertz CT molecular complexity index is 1450. The van der Waals surface area contributed by atoms with Gasteiger partial charge in [0.25, 0.3) is 5.56 Å². The van der Waals surface area contributed by atoms with E-state index >= 15 is 0 Å². The Morgan fingerprint density at radius 2 is 1.67 bits per heavy atom. The maximum absolute atomic E-state index is 13.3. The predicted molar refractivity (Wildman–Crippen MR) is 128 cm³/mol. The lowest BCUT2D eigenvalue weighted by Gasteiger charge is -2.15. The highest BCUT2D eigenvalue weighted by Gasteiger charge is 2.17. The summed E-state index contributed by atoms with van der Waals surface area (Å²) < 4.78 is 11.8. The number of ether oxygens (including phenoxy) is 2. The number of benzene rings is 3. The Hall–Kier alpha value is -4.39. The van der Waals surface area contributed by atoms with Crippen LogP contribution in [0.15, 0.2) is 76.5 Å². The Morgan fingerprint density at radius 3 is 2.36 bits per heavy atom. The first-order valence-electron chi connectivity index (χ1n) is 10.2. The maximum Gasteiger partial charge on any atom is 0.265 e. The van der Waals surface area contributed by atoms with Crippen molar-refractivity contribution in [3.8, 4) is 23.1 Å². The van der Waals surface area contributed by atoms with Crippen molar-refractivity contribution >= 4 is 28.5 Å². The number of nitrogens with zero attached hydrogens (tertiary/aromatic N) is 2. The fourth-order valence-corrected chi connectivity index (χ4v) is 3.64. The van der Waals surface area contributed by atoms with E-state index in [-0.39, 0.29) is 17.2 Å². The average molecular weight is 442 g/mol. The molecular weight excluding hydrogens is 420 g/mol. The molecule has 0 unspecified atom stereocenters. The largest absolute Gasteiger partial charge is 0.494 e. The molecule has 166 valence electrons. The first-order valence-corrected chi connectivity index (χ1v) is 10.2. The Kier molecular flexibility index (Phi) is 5.95. The van der Waals surface area contributed by atoms with Gasteiger partial charge in [-0.05, 0) is 37.3 Å². The zero-order valence-electron chi connectivity index (χ0n) is 18.4. The average Bonchev–Trinajstić information content (AvgIpc) is 2.84. The number of rotatable bonds is 6. The number of carbonyl (C=O) groups is 1. The zero-order valence-corrected chi connectivity index (χ0v) is 18.4. The normalized spacial score (nSPS) is 11.1. The molecule has 4 rings (SSSR count). The number of methoxy groups -OCH3 is 2. The van der Waals surface area contributed by atoms with Crippen molar-refractivity contribution in [3.63, 3.8) is 0 Å². The SMILES string of the molecule is COc1ccc(-n2c(O)c(C=Nc3cccc(C(C)=O)c3)c3ccccc3c2=O)cc1OC. The van der Waals surface area contributed by atoms with Gasteiger partial charge in [0.2, 0.25) is 5.88 Å². The number of aliphatic imine (C=N–C) groups is 1. The molecule has 0 aliphatic carbocycles. The van der Waals surface area contributed by atoms with Crippen LogP contribution < -0.4 is 15.0 Å². The standard InChI is InChI=1S/C26H22N2O5/c1-16(29)17-7-6-8-18(13-17)27-15-22-20-9-4-5-10-21(20)25(30)28(26(22)31)19-11-12-23(32-2)24(14-19)33-3/h4-15,31H,1-3H3. The molecular formula is C26H22N2O5. The molecule has 0 radical (unpaired) electrons. The van der Waals surface area contributed by atoms with Gasteiger partial charge in [0.1, 0.15) is 0 Å². The summed E-state index contributed by atoms with van der Waals surface area (Å²) in [6.07, 6.45) is 1.49. The topological polar surface area (TPSA) is 90.1 Å². The molecule has 0 spiro atoms. The number of hydrogen-bond acceptors (Lipinski definition) is 6. The van der Waals surface area contributed by atoms with Gasteiger partial charge in [0, 0.05) is 28.6 Å². The van der Waals surface area contributed by atoms with Gasteiger partial charge in [-0.3, -0.25) is 14.6 Å². The minimum atomic E-state index is -0.383. The fraction of sp³-hybridized carbons (Fsp3) is 0.115. The lowest BCUT2D eigenvalue weighted by atomic mass is 10.1. The molecule has 0 bridgehead atoms. The van der Waals surface area contributed by atoms with Gasteiger partial charge in [-0.2, -0.15) is 0 Å². The Labute approximate surface area is 190 Å². The highest BCUT2D eigenvalue weighted by molar-refractivity contribution is 6.02. The molecule has 1 N–H and O–H groups in total. The second-order valence-corrected chi connectivity index (χ2v) is 7.33. The molecule has 7 nitrogen and oxygen atoms in total. The van der Waals surface area contributed by atoms with Crippen LogP contribution in [0.5, 0.6) is 17.4 Å². The monoisotopic (exact) mass is 442 g/mol. The smallest absolute Gasteiger partial charge is 0.265 e. The molecule has 0 saturated carbocycles. The molecule has 0 amide bonds. The van der Waals surface area contributed by atoms with Gasteiger partial charge in [-0.15, -0.1) is 0 Å². The van der Waals surface area contributed by atoms with E-state index in [1.54, 1.807) is 66.7 Å². The van der Waals surface area contributed by atoms with Crippen molar-refractivity contribution < 1.29 is 19.4 Å². The van der Waals surface area contributed by atoms with E-state index in [0.29, 0.717) is 44.8 Å². The van der Waals surface area contributed by atoms with Crippen LogP contribution in [-0.4, -0.2) is 35.9 Å². The van der Waals surface area contributed by atoms with Gasteiger partial charge in [-0.1, -0.05) is 30.3 Å². The second kappa shape index (κ2) is 9.00. The van der Waals surface area contributed by atoms with Crippen molar-refractivity contribution in [1.82, 2.24) is 4.57 Å². The van der Waals surface area contributed by atoms with Crippen LogP contribution in [0, 0.1) is 0 Å². The van der Waals surface area contributed by atoms with Crippen LogP contribution in [0.25, 0.3) is 16.5 Å². The molecule has 1 aromatic heterocycles. The third-order valence-corrected chi connectivity index (χ3v) is 5.32. The number of fused-ring (bicyclic) bond motifs is 1. The highest BCUT2D eigenvalue weighted by Crippen LogP contribution is 2.32. The number of carbonyl (C=O) groups excluding carboxylic acids is 1. The molecule has 1 heterocycles. The van der Waals surface area contributed by atoms with Gasteiger partial charge in [-0.25, -0.2) is 4.57 Å². The molecule has 0 saturated heterocycles. The molecule has 0 atom stereocenters. The van der Waals surface area contributed by atoms with E-state index in [1.807, 2.05) is 0 Å². The van der Waals surface area contributed by atoms with Gasteiger partial charge >= 0.3 is 0 Å². The van der Waals surface area contributed by atoms with E-state index < -0.39 is 0 Å². The minimum absolute atomic E-state index is 0.0673. The lowest BCUT2D eigenvalue weighted by molar-refractivity contribution is 0.101. The van der Waals surface area contributed by atoms with Crippen LogP contribution in [0.4, 0.5) is 5.69 Å². The Morgan fingerprint density at radius 1 is 0.939 bits per heavy atom. The summed E-state index contributed by atoms with van der Waals surface area (Å²) in [5.74, 6) is 0.590. The van der Waals surface area contributed by atoms with Crippen LogP contribution >= 0.6 is 0 Å². The number of Topliss-reactive ketones (excluding diaryl/α,β-unsaturated/α-hetero) is 1. The summed E-state index contributed by atoms with van der Waals surface area (Å²) in [5.41, 5.74) is 1.48. The molecule has 4 aromatic rings. The lowest BCUT2D eigenvalue weighted by Crippen LogP contribution is -2.20. The summed E-state index contributed by atoms with van der Waals surface area (Å²) in [6, 6.07) is 18.8. The van der Waals surface area contributed by atoms with Gasteiger partial charge in [0.05, 0.1) is 31.2 Å². The third kappa shape index (κ3) is 4.08. The number of ketones is 1. The minimum Gasteiger partial charge on any atom is -0.494 e. The second-order valence-electron chi connectivity index (χ2n) is 7.33. The number of aromatic hydroxyl groups is 1. The predicted octanol–water partition coefficient (Wildman–Crippen LogP) is 4.67. The summed E-state index contributed by atoms with van der Waals surface area (Å²) in [7, 11) is 3.02. The van der Waals surface area contributed by atoms with Crippen molar-refractivity contribution in [1.29, 1.82) is 0 Å². The third-order valence-electron chi connectivity index (χ3n) is 5.32. The van der Waals surface area contributed by atoms with E-state index in [9.17, 15) is 14.7 Å². The zero-order chi connectivity index (χ0) is 23.5. The molecule has 33 heavy (non-hydrogen) atoms. The van der Waals surface area contributed by atoms with Gasteiger partial charge < -0.3 is 14.6 Å². The number of pyridine rings is 1. The molecule has 0 fully saturated rings. The van der Waals surface area contributed by atoms with E-state index in [1.165, 1.54) is 31.9 Å². The summed E-state index contributed by atoms with van der Waals surface area (Å²) in [4.78, 5) is 29.4. The molecule has 7 heteroatoms. The van der Waals surface area contributed by atoms with Crippen molar-refractivity contribution in [3.05, 3.63) is 88.2 Å². The van der Waals surface area contributed by atoms with E-state index in [0.717, 1.165) is 0 Å². The van der Waals surface area contributed by atoms with Crippen LogP contribution in [-0.2, 0) is 0 Å². The Balaban J connectivity index is 1.94. The van der Waals surface area contributed by atoms with Crippen molar-refractivity contribution in [2.45, 2.75) is 6.92 Å². The highest BCUT2D eigenvalue weighted by atomic mass is 16.5. The summed E-state index contributed by atoms with van der Waals surface area (Å²) in [6.45, 7) is 1.49. The van der Waals surface area contributed by atoms with E-state index in [4.69, 9.17) is 9.47 Å². The van der Waals surface area contributed by atoms with Crippen molar-refractivity contribution in [2.24, 2.45) is 4.99 Å². The van der Waals surface area contributed by atoms with E-state index in [2.05, 4.69) is 4.99 Å². The quantitative estimate of drug-likeness (QED) is 0.346. The van der Waals surface area contributed by atoms with Crippen LogP contribution in [0.3, 0.4) is 0 Å². The van der Waals surface area contributed by atoms with Crippen LogP contribution in [0.1, 0.15) is 22.8 Å². The number of aromatic nitrogens is 1. The first-order chi connectivity index (χ1) is 15.9. The van der Waals surface area contributed by atoms with Crippen LogP contribution in [0.2, 0.25) is 0 Å². The first kappa shape index (κ1) is 21.8. The summed E-state index contributed by atoms with van der Waals surface area (Å²) >= 11 is 0. The molecule has 0 aliphatic heterocycles. The molecule has 0 aliphatic rings. The number of hydrogen-bond donors (Lipinski definition) is 1. The molecule has 3 aromatic carbocycles.